The van der Waals surface area contributed by atoms with Crippen molar-refractivity contribution in [3.63, 3.8) is 0 Å². The van der Waals surface area contributed by atoms with Gasteiger partial charge in [-0.2, -0.15) is 0 Å². The third kappa shape index (κ3) is 4.55. The molecule has 0 bridgehead atoms. The molecule has 1 heterocycles. The highest BCUT2D eigenvalue weighted by molar-refractivity contribution is 5.90. The van der Waals surface area contributed by atoms with Crippen LogP contribution in [0.4, 0.5) is 0 Å². The first-order valence-electron chi connectivity index (χ1n) is 9.38. The maximum Gasteiger partial charge on any atom is 0.243 e. The van der Waals surface area contributed by atoms with Crippen LogP contribution in [0.2, 0.25) is 0 Å². The van der Waals surface area contributed by atoms with Crippen molar-refractivity contribution in [2.45, 2.75) is 19.4 Å². The summed E-state index contributed by atoms with van der Waals surface area (Å²) in [5, 5.41) is 5.08. The van der Waals surface area contributed by atoms with Gasteiger partial charge in [0.25, 0.3) is 0 Å². The average molecular weight is 366 g/mol. The van der Waals surface area contributed by atoms with Crippen LogP contribution >= 0.6 is 0 Å². The minimum absolute atomic E-state index is 0.0587. The lowest BCUT2D eigenvalue weighted by atomic mass is 10.0. The van der Waals surface area contributed by atoms with Gasteiger partial charge in [0.2, 0.25) is 11.8 Å². The summed E-state index contributed by atoms with van der Waals surface area (Å²) in [7, 11) is 0. The molecule has 1 fully saturated rings. The summed E-state index contributed by atoms with van der Waals surface area (Å²) in [6, 6.07) is 14.2. The maximum absolute atomic E-state index is 12.9. The van der Waals surface area contributed by atoms with E-state index in [1.165, 1.54) is 6.08 Å². The molecule has 0 aliphatic carbocycles. The molecule has 2 atom stereocenters. The second-order valence-electron chi connectivity index (χ2n) is 6.82. The Hall–Kier alpha value is -2.66. The standard InChI is InChI=1S/C22H26N2O3/c1-3-21(25)23-13-18-14-24(15-20(18)27-4-2)22(26)12-17-10-7-9-16-8-5-6-11-19(16)17/h3,5-11,18,20H,1,4,12-15H2,2H3,(H,23,25)/t18-,20-/m1/s1. The summed E-state index contributed by atoms with van der Waals surface area (Å²) in [6.45, 7) is 7.63. The van der Waals surface area contributed by atoms with E-state index in [9.17, 15) is 9.59 Å². The smallest absolute Gasteiger partial charge is 0.243 e. The number of fused-ring (bicyclic) bond motifs is 1. The fourth-order valence-corrected chi connectivity index (χ4v) is 3.67. The number of carbonyl (C=O) groups excluding carboxylic acids is 2. The predicted octanol–water partition coefficient (Wildman–Crippen LogP) is 2.55. The summed E-state index contributed by atoms with van der Waals surface area (Å²) >= 11 is 0. The highest BCUT2D eigenvalue weighted by Gasteiger charge is 2.35. The number of benzene rings is 2. The van der Waals surface area contributed by atoms with Gasteiger partial charge in [-0.05, 0) is 29.3 Å². The normalized spacial score (nSPS) is 19.2. The van der Waals surface area contributed by atoms with Gasteiger partial charge >= 0.3 is 0 Å². The fraction of sp³-hybridized carbons (Fsp3) is 0.364. The van der Waals surface area contributed by atoms with Crippen molar-refractivity contribution in [3.05, 3.63) is 60.7 Å². The molecular formula is C22H26N2O3. The third-order valence-corrected chi connectivity index (χ3v) is 5.06. The topological polar surface area (TPSA) is 58.6 Å². The van der Waals surface area contributed by atoms with Gasteiger partial charge in [-0.25, -0.2) is 0 Å². The van der Waals surface area contributed by atoms with Crippen molar-refractivity contribution in [2.75, 3.05) is 26.2 Å². The molecule has 0 unspecified atom stereocenters. The van der Waals surface area contributed by atoms with Gasteiger partial charge in [0, 0.05) is 32.2 Å². The van der Waals surface area contributed by atoms with E-state index >= 15 is 0 Å². The second kappa shape index (κ2) is 8.82. The van der Waals surface area contributed by atoms with Gasteiger partial charge in [0.05, 0.1) is 12.5 Å². The molecule has 2 aromatic carbocycles. The maximum atomic E-state index is 12.9. The lowest BCUT2D eigenvalue weighted by Gasteiger charge is -2.17. The van der Waals surface area contributed by atoms with Crippen LogP contribution in [-0.2, 0) is 20.7 Å². The number of likely N-dealkylation sites (tertiary alicyclic amines) is 1. The summed E-state index contributed by atoms with van der Waals surface area (Å²) < 4.78 is 5.81. The van der Waals surface area contributed by atoms with Crippen LogP contribution in [0.15, 0.2) is 55.1 Å². The number of nitrogens with one attached hydrogen (secondary N) is 1. The molecular weight excluding hydrogens is 340 g/mol. The Morgan fingerprint density at radius 1 is 1.22 bits per heavy atom. The van der Waals surface area contributed by atoms with Crippen molar-refractivity contribution in [2.24, 2.45) is 5.92 Å². The van der Waals surface area contributed by atoms with Crippen LogP contribution in [0.3, 0.4) is 0 Å². The first kappa shape index (κ1) is 19.1. The molecule has 5 heteroatoms. The van der Waals surface area contributed by atoms with Gasteiger partial charge in [0.15, 0.2) is 0 Å². The van der Waals surface area contributed by atoms with E-state index < -0.39 is 0 Å². The fourth-order valence-electron chi connectivity index (χ4n) is 3.67. The van der Waals surface area contributed by atoms with Gasteiger partial charge < -0.3 is 15.0 Å². The van der Waals surface area contributed by atoms with Crippen LogP contribution in [0, 0.1) is 5.92 Å². The van der Waals surface area contributed by atoms with Crippen molar-refractivity contribution < 1.29 is 14.3 Å². The van der Waals surface area contributed by atoms with Gasteiger partial charge in [-0.3, -0.25) is 9.59 Å². The Labute approximate surface area is 160 Å². The van der Waals surface area contributed by atoms with Crippen LogP contribution < -0.4 is 5.32 Å². The summed E-state index contributed by atoms with van der Waals surface area (Å²) in [6.07, 6.45) is 1.57. The minimum Gasteiger partial charge on any atom is -0.376 e. The average Bonchev–Trinajstić information content (AvgIpc) is 3.09. The van der Waals surface area contributed by atoms with Crippen molar-refractivity contribution in [1.82, 2.24) is 10.2 Å². The Balaban J connectivity index is 1.68. The van der Waals surface area contributed by atoms with Crippen molar-refractivity contribution >= 4 is 22.6 Å². The highest BCUT2D eigenvalue weighted by Crippen LogP contribution is 2.23. The van der Waals surface area contributed by atoms with E-state index in [1.807, 2.05) is 36.1 Å². The minimum atomic E-state index is -0.203. The first-order valence-corrected chi connectivity index (χ1v) is 9.38. The van der Waals surface area contributed by atoms with E-state index in [2.05, 4.69) is 30.1 Å². The third-order valence-electron chi connectivity index (χ3n) is 5.06. The van der Waals surface area contributed by atoms with Crippen molar-refractivity contribution in [1.29, 1.82) is 0 Å². The molecule has 2 aromatic rings. The van der Waals surface area contributed by atoms with E-state index in [-0.39, 0.29) is 23.8 Å². The Morgan fingerprint density at radius 2 is 2.00 bits per heavy atom. The lowest BCUT2D eigenvalue weighted by Crippen LogP contribution is -2.34. The molecule has 1 aliphatic heterocycles. The van der Waals surface area contributed by atoms with E-state index in [0.29, 0.717) is 32.7 Å². The van der Waals surface area contributed by atoms with Gasteiger partial charge in [0.1, 0.15) is 0 Å². The molecule has 0 saturated carbocycles. The number of carbonyl (C=O) groups is 2. The van der Waals surface area contributed by atoms with Crippen LogP contribution in [-0.4, -0.2) is 49.1 Å². The molecule has 0 spiro atoms. The molecule has 1 N–H and O–H groups in total. The Morgan fingerprint density at radius 3 is 2.78 bits per heavy atom. The summed E-state index contributed by atoms with van der Waals surface area (Å²) in [5.41, 5.74) is 1.04. The molecule has 1 aliphatic rings. The number of ether oxygens (including phenoxy) is 1. The van der Waals surface area contributed by atoms with Gasteiger partial charge in [-0.1, -0.05) is 49.0 Å². The molecule has 2 amide bonds. The quantitative estimate of drug-likeness (QED) is 0.766. The monoisotopic (exact) mass is 366 g/mol. The van der Waals surface area contributed by atoms with Crippen molar-refractivity contribution in [3.8, 4) is 0 Å². The largest absolute Gasteiger partial charge is 0.376 e. The molecule has 142 valence electrons. The Kier molecular flexibility index (Phi) is 6.24. The van der Waals surface area contributed by atoms with Crippen LogP contribution in [0.1, 0.15) is 12.5 Å². The first-order chi connectivity index (χ1) is 13.1. The summed E-state index contributed by atoms with van der Waals surface area (Å²) in [5.74, 6) is -0.0234. The van der Waals surface area contributed by atoms with Crippen LogP contribution in [0.5, 0.6) is 0 Å². The lowest BCUT2D eigenvalue weighted by molar-refractivity contribution is -0.130. The SMILES string of the molecule is C=CC(=O)NC[C@@H]1CN(C(=O)Cc2cccc3ccccc23)C[C@H]1OCC. The molecule has 0 radical (unpaired) electrons. The number of rotatable bonds is 7. The second-order valence-corrected chi connectivity index (χ2v) is 6.82. The molecule has 5 nitrogen and oxygen atoms in total. The van der Waals surface area contributed by atoms with E-state index in [4.69, 9.17) is 4.74 Å². The van der Waals surface area contributed by atoms with Crippen LogP contribution in [0.25, 0.3) is 10.8 Å². The zero-order chi connectivity index (χ0) is 19.2. The molecule has 27 heavy (non-hydrogen) atoms. The number of nitrogens with zero attached hydrogens (tertiary/aromatic N) is 1. The highest BCUT2D eigenvalue weighted by atomic mass is 16.5. The van der Waals surface area contributed by atoms with E-state index in [1.54, 1.807) is 0 Å². The number of hydrogen-bond acceptors (Lipinski definition) is 3. The number of hydrogen-bond donors (Lipinski definition) is 1. The summed E-state index contributed by atoms with van der Waals surface area (Å²) in [4.78, 5) is 26.2. The molecule has 3 rings (SSSR count). The molecule has 1 saturated heterocycles. The predicted molar refractivity (Wildman–Crippen MR) is 106 cm³/mol. The number of amides is 2. The zero-order valence-electron chi connectivity index (χ0n) is 15.7. The van der Waals surface area contributed by atoms with Gasteiger partial charge in [-0.15, -0.1) is 0 Å². The Bertz CT molecular complexity index is 828. The molecule has 0 aromatic heterocycles. The van der Waals surface area contributed by atoms with E-state index in [0.717, 1.165) is 16.3 Å². The zero-order valence-corrected chi connectivity index (χ0v) is 15.7.